The molecule has 0 aromatic heterocycles. The number of hydrogen-bond donors (Lipinski definition) is 3. The Morgan fingerprint density at radius 1 is 1.22 bits per heavy atom. The summed E-state index contributed by atoms with van der Waals surface area (Å²) in [6, 6.07) is 4.07. The van der Waals surface area contributed by atoms with Crippen molar-refractivity contribution in [3.63, 3.8) is 0 Å². The molecule has 2 saturated carbocycles. The molecule has 172 valence electrons. The van der Waals surface area contributed by atoms with Gasteiger partial charge in [0.05, 0.1) is 12.0 Å². The monoisotopic (exact) mass is 450 g/mol. The Morgan fingerprint density at radius 3 is 2.56 bits per heavy atom. The topological polar surface area (TPSA) is 102 Å². The van der Waals surface area contributed by atoms with Gasteiger partial charge >= 0.3 is 5.92 Å². The highest BCUT2D eigenvalue weighted by Crippen LogP contribution is 2.36. The number of halogens is 3. The number of amidine groups is 1. The first-order chi connectivity index (χ1) is 15.1. The molecular weight excluding hydrogens is 425 g/mol. The van der Waals surface area contributed by atoms with E-state index in [0.29, 0.717) is 31.9 Å². The van der Waals surface area contributed by atoms with Gasteiger partial charge in [0.15, 0.2) is 0 Å². The standard InChI is InChI=1S/C22H25F3N4O3/c1-22(24,25)21(32)28-18(26)11-6-7-12-10-29(20(31)13(12)8-11)17-5-3-2-4-16(17)27-19(30)14-9-15(14)23/h6-8,14-17H,2-5,9-10H2,1H3,(H,27,30)(H2,26,28,32). The smallest absolute Gasteiger partial charge is 0.322 e. The largest absolute Gasteiger partial charge is 0.351 e. The van der Waals surface area contributed by atoms with Crippen molar-refractivity contribution in [2.75, 3.05) is 0 Å². The number of rotatable bonds is 5. The van der Waals surface area contributed by atoms with Crippen LogP contribution in [0.5, 0.6) is 0 Å². The fourth-order valence-corrected chi connectivity index (χ4v) is 4.42. The minimum atomic E-state index is -3.63. The molecule has 0 radical (unpaired) electrons. The quantitative estimate of drug-likeness (QED) is 0.475. The highest BCUT2D eigenvalue weighted by atomic mass is 19.3. The lowest BCUT2D eigenvalue weighted by molar-refractivity contribution is -0.141. The minimum absolute atomic E-state index is 0.146. The second-order valence-electron chi connectivity index (χ2n) is 8.85. The first-order valence-electron chi connectivity index (χ1n) is 10.7. The molecular formula is C22H25F3N4O3. The summed E-state index contributed by atoms with van der Waals surface area (Å²) in [6.07, 6.45) is 2.37. The molecule has 0 spiro atoms. The molecule has 2 aliphatic carbocycles. The van der Waals surface area contributed by atoms with Crippen LogP contribution in [0, 0.1) is 11.3 Å². The number of fused-ring (bicyclic) bond motifs is 1. The highest BCUT2D eigenvalue weighted by molar-refractivity contribution is 6.09. The molecule has 2 fully saturated rings. The number of benzene rings is 1. The zero-order chi connectivity index (χ0) is 23.2. The van der Waals surface area contributed by atoms with Crippen LogP contribution >= 0.6 is 0 Å². The van der Waals surface area contributed by atoms with E-state index >= 15 is 0 Å². The van der Waals surface area contributed by atoms with Crippen molar-refractivity contribution in [2.24, 2.45) is 5.92 Å². The highest BCUT2D eigenvalue weighted by Gasteiger charge is 2.46. The molecule has 0 bridgehead atoms. The number of nitrogens with one attached hydrogen (secondary N) is 3. The fourth-order valence-electron chi connectivity index (χ4n) is 4.42. The zero-order valence-corrected chi connectivity index (χ0v) is 17.6. The summed E-state index contributed by atoms with van der Waals surface area (Å²) >= 11 is 0. The van der Waals surface area contributed by atoms with Gasteiger partial charge in [-0.05, 0) is 30.9 Å². The van der Waals surface area contributed by atoms with Crippen molar-refractivity contribution in [1.82, 2.24) is 15.5 Å². The number of carbonyl (C=O) groups excluding carboxylic acids is 3. The summed E-state index contributed by atoms with van der Waals surface area (Å²) in [5.74, 6) is -6.91. The first kappa shape index (κ1) is 22.3. The number of hydrogen-bond acceptors (Lipinski definition) is 4. The third-order valence-electron chi connectivity index (χ3n) is 6.37. The summed E-state index contributed by atoms with van der Waals surface area (Å²) in [5, 5.41) is 12.7. The van der Waals surface area contributed by atoms with Crippen molar-refractivity contribution in [1.29, 1.82) is 5.41 Å². The summed E-state index contributed by atoms with van der Waals surface area (Å²) in [7, 11) is 0. The molecule has 0 saturated heterocycles. The average molecular weight is 450 g/mol. The zero-order valence-electron chi connectivity index (χ0n) is 17.6. The predicted molar refractivity (Wildman–Crippen MR) is 109 cm³/mol. The number of alkyl halides is 3. The van der Waals surface area contributed by atoms with Gasteiger partial charge in [0.2, 0.25) is 5.91 Å². The van der Waals surface area contributed by atoms with Gasteiger partial charge < -0.3 is 15.5 Å². The van der Waals surface area contributed by atoms with Crippen molar-refractivity contribution in [3.05, 3.63) is 34.9 Å². The number of carbonyl (C=O) groups is 3. The van der Waals surface area contributed by atoms with Gasteiger partial charge in [0.25, 0.3) is 11.8 Å². The van der Waals surface area contributed by atoms with Crippen LogP contribution in [-0.4, -0.2) is 52.6 Å². The van der Waals surface area contributed by atoms with E-state index in [2.05, 4.69) is 5.32 Å². The molecule has 3 N–H and O–H groups in total. The van der Waals surface area contributed by atoms with Crippen LogP contribution in [0.15, 0.2) is 18.2 Å². The van der Waals surface area contributed by atoms with E-state index in [9.17, 15) is 27.6 Å². The van der Waals surface area contributed by atoms with E-state index in [4.69, 9.17) is 5.41 Å². The normalized spacial score (nSPS) is 27.0. The van der Waals surface area contributed by atoms with Gasteiger partial charge in [-0.2, -0.15) is 8.78 Å². The van der Waals surface area contributed by atoms with Gasteiger partial charge in [-0.3, -0.25) is 19.8 Å². The molecule has 7 nitrogen and oxygen atoms in total. The van der Waals surface area contributed by atoms with E-state index in [1.807, 2.05) is 5.32 Å². The summed E-state index contributed by atoms with van der Waals surface area (Å²) in [4.78, 5) is 38.6. The third kappa shape index (κ3) is 4.35. The Hall–Kier alpha value is -2.91. The second kappa shape index (κ2) is 8.22. The predicted octanol–water partition coefficient (Wildman–Crippen LogP) is 2.52. The van der Waals surface area contributed by atoms with Crippen molar-refractivity contribution in [3.8, 4) is 0 Å². The van der Waals surface area contributed by atoms with Crippen LogP contribution in [0.4, 0.5) is 13.2 Å². The SMILES string of the molecule is CC(F)(F)C(=O)NC(=N)c1ccc2c(c1)C(=O)N(C1CCCCC1NC(=O)C1CC1F)C2. The first-order valence-corrected chi connectivity index (χ1v) is 10.7. The molecule has 3 aliphatic rings. The summed E-state index contributed by atoms with van der Waals surface area (Å²) < 4.78 is 39.5. The maximum absolute atomic E-state index is 13.3. The molecule has 3 amide bonds. The molecule has 4 atom stereocenters. The van der Waals surface area contributed by atoms with E-state index in [1.165, 1.54) is 12.1 Å². The molecule has 1 heterocycles. The maximum Gasteiger partial charge on any atom is 0.322 e. The van der Waals surface area contributed by atoms with Gasteiger partial charge in [0, 0.05) is 30.6 Å². The van der Waals surface area contributed by atoms with Crippen molar-refractivity contribution in [2.45, 2.75) is 69.8 Å². The van der Waals surface area contributed by atoms with Crippen LogP contribution in [0.25, 0.3) is 0 Å². The van der Waals surface area contributed by atoms with Crippen LogP contribution < -0.4 is 10.6 Å². The van der Waals surface area contributed by atoms with Crippen LogP contribution in [-0.2, 0) is 16.1 Å². The Bertz CT molecular complexity index is 978. The van der Waals surface area contributed by atoms with Gasteiger partial charge in [-0.25, -0.2) is 4.39 Å². The summed E-state index contributed by atoms with van der Waals surface area (Å²) in [6.45, 7) is 0.767. The number of amides is 3. The van der Waals surface area contributed by atoms with E-state index in [-0.39, 0.29) is 35.9 Å². The van der Waals surface area contributed by atoms with Crippen LogP contribution in [0.1, 0.15) is 60.5 Å². The van der Waals surface area contributed by atoms with E-state index in [0.717, 1.165) is 18.4 Å². The van der Waals surface area contributed by atoms with Crippen LogP contribution in [0.2, 0.25) is 0 Å². The Balaban J connectivity index is 1.48. The molecule has 4 unspecified atom stereocenters. The Kier molecular flexibility index (Phi) is 5.72. The van der Waals surface area contributed by atoms with Gasteiger partial charge in [-0.1, -0.05) is 25.0 Å². The maximum atomic E-state index is 13.3. The van der Waals surface area contributed by atoms with Crippen LogP contribution in [0.3, 0.4) is 0 Å². The molecule has 4 rings (SSSR count). The second-order valence-corrected chi connectivity index (χ2v) is 8.85. The number of nitrogens with zero attached hydrogens (tertiary/aromatic N) is 1. The molecule has 1 aromatic rings. The Labute approximate surface area is 183 Å². The molecule has 1 aliphatic heterocycles. The van der Waals surface area contributed by atoms with Gasteiger partial charge in [-0.15, -0.1) is 0 Å². The lowest BCUT2D eigenvalue weighted by Gasteiger charge is -2.38. The fraction of sp³-hybridized carbons (Fsp3) is 0.545. The summed E-state index contributed by atoms with van der Waals surface area (Å²) in [5.41, 5.74) is 1.21. The lowest BCUT2D eigenvalue weighted by Crippen LogP contribution is -2.53. The van der Waals surface area contributed by atoms with E-state index in [1.54, 1.807) is 11.0 Å². The molecule has 32 heavy (non-hydrogen) atoms. The molecule has 10 heteroatoms. The third-order valence-corrected chi connectivity index (χ3v) is 6.37. The lowest BCUT2D eigenvalue weighted by atomic mass is 9.89. The Morgan fingerprint density at radius 2 is 1.91 bits per heavy atom. The molecule has 1 aromatic carbocycles. The minimum Gasteiger partial charge on any atom is -0.351 e. The van der Waals surface area contributed by atoms with Crippen molar-refractivity contribution >= 4 is 23.6 Å². The van der Waals surface area contributed by atoms with E-state index < -0.39 is 29.8 Å². The van der Waals surface area contributed by atoms with Gasteiger partial charge in [0.1, 0.15) is 12.0 Å². The average Bonchev–Trinajstić information content (AvgIpc) is 3.39. The van der Waals surface area contributed by atoms with Crippen molar-refractivity contribution < 1.29 is 27.6 Å².